The van der Waals surface area contributed by atoms with Crippen LogP contribution in [0.2, 0.25) is 0 Å². The number of aryl methyl sites for hydroxylation is 1. The molecule has 2 aromatic rings. The van der Waals surface area contributed by atoms with E-state index in [1.54, 1.807) is 0 Å². The number of aromatic amines is 1. The van der Waals surface area contributed by atoms with Gasteiger partial charge in [-0.3, -0.25) is 4.57 Å². The second-order valence-electron chi connectivity index (χ2n) is 6.20. The molecule has 3 rings (SSSR count). The number of rotatable bonds is 6. The molecule has 2 aromatic heterocycles. The standard InChI is InChI=1S/C15H23N5S/c1-4-16-13-11-14(18-12(17-11)10-5-6-10)20(15(21)19-13)8-7-9(2)3/h9-10H,4-8H2,1-3H3,(H,17,18)(H,16,19,21). The predicted molar refractivity (Wildman–Crippen MR) is 88.3 cm³/mol. The molecule has 1 fully saturated rings. The maximum atomic E-state index is 5.48. The minimum absolute atomic E-state index is 0.596. The zero-order chi connectivity index (χ0) is 15.0. The van der Waals surface area contributed by atoms with Crippen molar-refractivity contribution in [2.75, 3.05) is 11.9 Å². The van der Waals surface area contributed by atoms with Crippen LogP contribution in [0, 0.1) is 10.7 Å². The lowest BCUT2D eigenvalue weighted by Crippen LogP contribution is -2.10. The van der Waals surface area contributed by atoms with Crippen molar-refractivity contribution in [2.24, 2.45) is 5.92 Å². The van der Waals surface area contributed by atoms with Crippen molar-refractivity contribution < 1.29 is 0 Å². The van der Waals surface area contributed by atoms with E-state index in [0.29, 0.717) is 16.6 Å². The van der Waals surface area contributed by atoms with Gasteiger partial charge in [0, 0.05) is 19.0 Å². The molecule has 114 valence electrons. The van der Waals surface area contributed by atoms with Crippen LogP contribution in [0.5, 0.6) is 0 Å². The first kappa shape index (κ1) is 14.5. The second kappa shape index (κ2) is 5.75. The maximum Gasteiger partial charge on any atom is 0.203 e. The fraction of sp³-hybridized carbons (Fsp3) is 0.667. The van der Waals surface area contributed by atoms with Crippen LogP contribution >= 0.6 is 12.2 Å². The number of fused-ring (bicyclic) bond motifs is 1. The molecule has 0 aromatic carbocycles. The maximum absolute atomic E-state index is 5.48. The Bertz CT molecular complexity index is 696. The van der Waals surface area contributed by atoms with Gasteiger partial charge in [0.25, 0.3) is 0 Å². The number of nitrogens with one attached hydrogen (secondary N) is 2. The molecule has 6 heteroatoms. The molecule has 2 N–H and O–H groups in total. The third-order valence-electron chi connectivity index (χ3n) is 3.87. The first-order chi connectivity index (χ1) is 10.1. The highest BCUT2D eigenvalue weighted by Crippen LogP contribution is 2.39. The molecule has 0 unspecified atom stereocenters. The van der Waals surface area contributed by atoms with Crippen LogP contribution in [0.25, 0.3) is 11.2 Å². The lowest BCUT2D eigenvalue weighted by molar-refractivity contribution is 0.515. The van der Waals surface area contributed by atoms with Crippen molar-refractivity contribution in [1.82, 2.24) is 19.5 Å². The van der Waals surface area contributed by atoms with E-state index in [4.69, 9.17) is 17.2 Å². The third kappa shape index (κ3) is 2.95. The quantitative estimate of drug-likeness (QED) is 0.796. The average Bonchev–Trinajstić information content (AvgIpc) is 3.18. The Hall–Kier alpha value is -1.43. The Kier molecular flexibility index (Phi) is 3.97. The van der Waals surface area contributed by atoms with Crippen molar-refractivity contribution >= 4 is 29.2 Å². The Morgan fingerprint density at radius 3 is 2.76 bits per heavy atom. The van der Waals surface area contributed by atoms with E-state index in [1.807, 2.05) is 0 Å². The van der Waals surface area contributed by atoms with E-state index < -0.39 is 0 Å². The van der Waals surface area contributed by atoms with Gasteiger partial charge in [0.15, 0.2) is 11.5 Å². The van der Waals surface area contributed by atoms with Gasteiger partial charge in [-0.1, -0.05) is 13.8 Å². The smallest absolute Gasteiger partial charge is 0.203 e. The molecule has 0 aliphatic heterocycles. The summed E-state index contributed by atoms with van der Waals surface area (Å²) in [6.07, 6.45) is 3.55. The van der Waals surface area contributed by atoms with Crippen LogP contribution in [-0.4, -0.2) is 26.1 Å². The molecule has 0 radical (unpaired) electrons. The summed E-state index contributed by atoms with van der Waals surface area (Å²) in [6.45, 7) is 8.21. The lowest BCUT2D eigenvalue weighted by atomic mass is 10.1. The van der Waals surface area contributed by atoms with Gasteiger partial charge in [0.05, 0.1) is 0 Å². The topological polar surface area (TPSA) is 58.5 Å². The molecule has 1 aliphatic carbocycles. The van der Waals surface area contributed by atoms with Crippen molar-refractivity contribution in [1.29, 1.82) is 0 Å². The summed E-state index contributed by atoms with van der Waals surface area (Å²) in [5.74, 6) is 3.15. The average molecular weight is 305 g/mol. The van der Waals surface area contributed by atoms with Crippen LogP contribution in [0.1, 0.15) is 51.8 Å². The molecule has 0 spiro atoms. The number of anilines is 1. The van der Waals surface area contributed by atoms with Gasteiger partial charge in [0.1, 0.15) is 11.3 Å². The van der Waals surface area contributed by atoms with E-state index in [2.05, 4.69) is 40.6 Å². The molecule has 5 nitrogen and oxygen atoms in total. The van der Waals surface area contributed by atoms with E-state index in [9.17, 15) is 0 Å². The van der Waals surface area contributed by atoms with Gasteiger partial charge in [-0.25, -0.2) is 9.97 Å². The number of imidazole rings is 1. The minimum Gasteiger partial charge on any atom is -0.368 e. The summed E-state index contributed by atoms with van der Waals surface area (Å²) in [5.41, 5.74) is 1.95. The van der Waals surface area contributed by atoms with Gasteiger partial charge < -0.3 is 10.3 Å². The SMILES string of the molecule is CCNc1nc(=S)n(CCC(C)C)c2nc(C3CC3)[nH]c12. The first-order valence-electron chi connectivity index (χ1n) is 7.84. The first-order valence-corrected chi connectivity index (χ1v) is 8.25. The lowest BCUT2D eigenvalue weighted by Gasteiger charge is -2.11. The van der Waals surface area contributed by atoms with Crippen molar-refractivity contribution in [3.05, 3.63) is 10.6 Å². The summed E-state index contributed by atoms with van der Waals surface area (Å²) in [4.78, 5) is 12.8. The normalized spacial score (nSPS) is 15.0. The molecule has 0 saturated heterocycles. The van der Waals surface area contributed by atoms with Gasteiger partial charge >= 0.3 is 0 Å². The monoisotopic (exact) mass is 305 g/mol. The van der Waals surface area contributed by atoms with Gasteiger partial charge in [-0.15, -0.1) is 0 Å². The minimum atomic E-state index is 0.596. The van der Waals surface area contributed by atoms with Crippen molar-refractivity contribution in [3.63, 3.8) is 0 Å². The summed E-state index contributed by atoms with van der Waals surface area (Å²) in [7, 11) is 0. The van der Waals surface area contributed by atoms with E-state index in [0.717, 1.165) is 42.3 Å². The number of hydrogen-bond donors (Lipinski definition) is 2. The molecule has 0 atom stereocenters. The Morgan fingerprint density at radius 1 is 1.38 bits per heavy atom. The van der Waals surface area contributed by atoms with Gasteiger partial charge in [-0.2, -0.15) is 0 Å². The number of nitrogens with zero attached hydrogens (tertiary/aromatic N) is 3. The van der Waals surface area contributed by atoms with Crippen LogP contribution < -0.4 is 5.32 Å². The molecule has 1 saturated carbocycles. The van der Waals surface area contributed by atoms with Gasteiger partial charge in [0.2, 0.25) is 4.77 Å². The summed E-state index contributed by atoms with van der Waals surface area (Å²) >= 11 is 5.48. The van der Waals surface area contributed by atoms with Crippen molar-refractivity contribution in [3.8, 4) is 0 Å². The Morgan fingerprint density at radius 2 is 2.14 bits per heavy atom. The molecule has 0 amide bonds. The number of hydrogen-bond acceptors (Lipinski definition) is 4. The van der Waals surface area contributed by atoms with Crippen LogP contribution in [0.3, 0.4) is 0 Å². The van der Waals surface area contributed by atoms with Crippen LogP contribution in [0.15, 0.2) is 0 Å². The fourth-order valence-electron chi connectivity index (χ4n) is 2.48. The fourth-order valence-corrected chi connectivity index (χ4v) is 2.75. The molecular weight excluding hydrogens is 282 g/mol. The highest BCUT2D eigenvalue weighted by atomic mass is 32.1. The highest BCUT2D eigenvalue weighted by Gasteiger charge is 2.28. The van der Waals surface area contributed by atoms with E-state index in [1.165, 1.54) is 12.8 Å². The predicted octanol–water partition coefficient (Wildman–Crippen LogP) is 3.84. The zero-order valence-electron chi connectivity index (χ0n) is 12.9. The molecule has 1 aliphatic rings. The third-order valence-corrected chi connectivity index (χ3v) is 4.18. The summed E-state index contributed by atoms with van der Waals surface area (Å²) in [5, 5.41) is 3.29. The molecular formula is C15H23N5S. The number of H-pyrrole nitrogens is 1. The zero-order valence-corrected chi connectivity index (χ0v) is 13.8. The van der Waals surface area contributed by atoms with E-state index >= 15 is 0 Å². The number of aromatic nitrogens is 4. The Balaban J connectivity index is 2.10. The van der Waals surface area contributed by atoms with Gasteiger partial charge in [-0.05, 0) is 44.3 Å². The van der Waals surface area contributed by atoms with Crippen molar-refractivity contribution in [2.45, 2.75) is 52.5 Å². The van der Waals surface area contributed by atoms with Crippen LogP contribution in [-0.2, 0) is 6.54 Å². The van der Waals surface area contributed by atoms with Crippen LogP contribution in [0.4, 0.5) is 5.82 Å². The molecule has 21 heavy (non-hydrogen) atoms. The molecule has 2 heterocycles. The summed E-state index contributed by atoms with van der Waals surface area (Å²) in [6, 6.07) is 0. The molecule has 0 bridgehead atoms. The Labute approximate surface area is 130 Å². The summed E-state index contributed by atoms with van der Waals surface area (Å²) < 4.78 is 2.70. The second-order valence-corrected chi connectivity index (χ2v) is 6.57. The largest absolute Gasteiger partial charge is 0.368 e. The highest BCUT2D eigenvalue weighted by molar-refractivity contribution is 7.71. The van der Waals surface area contributed by atoms with E-state index in [-0.39, 0.29) is 0 Å².